The number of hydrogen-bond acceptors (Lipinski definition) is 7. The fraction of sp³-hybridized carbons (Fsp3) is 0.514. The molecular weight excluding hydrogens is 580 g/mol. The Morgan fingerprint density at radius 2 is 1.79 bits per heavy atom. The summed E-state index contributed by atoms with van der Waals surface area (Å²) in [6.45, 7) is 27.0. The number of nitrogens with one attached hydrogen (secondary N) is 1. The van der Waals surface area contributed by atoms with Gasteiger partial charge in [-0.1, -0.05) is 49.4 Å². The van der Waals surface area contributed by atoms with Gasteiger partial charge < -0.3 is 19.5 Å². The minimum absolute atomic E-state index is 0.00924. The van der Waals surface area contributed by atoms with E-state index in [4.69, 9.17) is 25.8 Å². The van der Waals surface area contributed by atoms with Crippen molar-refractivity contribution in [2.75, 3.05) is 29.4 Å². The molecule has 0 spiro atoms. The second kappa shape index (κ2) is 17.1. The Morgan fingerprint density at radius 3 is 2.35 bits per heavy atom. The van der Waals surface area contributed by atoms with Gasteiger partial charge in [-0.25, -0.2) is 4.79 Å². The summed E-state index contributed by atoms with van der Waals surface area (Å²) in [4.78, 5) is 14.5. The molecule has 0 bridgehead atoms. The number of carbonyl (C=O) groups is 1. The van der Waals surface area contributed by atoms with E-state index in [0.29, 0.717) is 18.2 Å². The van der Waals surface area contributed by atoms with Gasteiger partial charge >= 0.3 is 5.97 Å². The van der Waals surface area contributed by atoms with Crippen molar-refractivity contribution in [3.8, 4) is 0 Å². The topological polar surface area (TPSA) is 60.0 Å². The van der Waals surface area contributed by atoms with Crippen molar-refractivity contribution in [2.45, 2.75) is 104 Å². The largest absolute Gasteiger partial charge is 0.458 e. The highest BCUT2D eigenvalue weighted by Gasteiger charge is 2.44. The third-order valence-corrected chi connectivity index (χ3v) is 8.36. The zero-order valence-electron chi connectivity index (χ0n) is 27.5. The number of ether oxygens (including phenoxy) is 3. The third-order valence-electron chi connectivity index (χ3n) is 6.95. The number of nitrogens with zero attached hydrogens (tertiary/aromatic N) is 1. The number of allylic oxidation sites excluding steroid dienone is 2. The van der Waals surface area contributed by atoms with Gasteiger partial charge in [-0.3, -0.25) is 4.31 Å². The average Bonchev–Trinajstić information content (AvgIpc) is 3.21. The molecule has 0 radical (unpaired) electrons. The van der Waals surface area contributed by atoms with E-state index >= 15 is 0 Å². The van der Waals surface area contributed by atoms with Crippen molar-refractivity contribution >= 4 is 40.9 Å². The highest BCUT2D eigenvalue weighted by atomic mass is 35.5. The Bertz CT molecular complexity index is 1240. The van der Waals surface area contributed by atoms with E-state index in [1.54, 1.807) is 18.0 Å². The lowest BCUT2D eigenvalue weighted by atomic mass is 9.91. The molecule has 1 aliphatic rings. The normalized spacial score (nSPS) is 15.9. The first-order chi connectivity index (χ1) is 20.2. The number of aryl methyl sites for hydroxylation is 1. The van der Waals surface area contributed by atoms with Crippen LogP contribution in [-0.2, 0) is 19.0 Å². The van der Waals surface area contributed by atoms with Crippen molar-refractivity contribution in [3.63, 3.8) is 0 Å². The second-order valence-electron chi connectivity index (χ2n) is 11.7. The fourth-order valence-electron chi connectivity index (χ4n) is 4.77. The Kier molecular flexibility index (Phi) is 14.6. The Hall–Kier alpha value is -2.45. The lowest BCUT2D eigenvalue weighted by Crippen LogP contribution is -2.40. The SMILES string of the molecule is C=CC(=C)C.CCOC(CCCNc1cc(Cl)ccc1SN1c2ccc(C)c(C)c2C(C)C1C(=O)OC(C)(C)C)OCC. The molecule has 2 aromatic rings. The van der Waals surface area contributed by atoms with Crippen molar-refractivity contribution in [2.24, 2.45) is 0 Å². The van der Waals surface area contributed by atoms with E-state index in [9.17, 15) is 4.79 Å². The maximum absolute atomic E-state index is 13.5. The molecule has 1 N–H and O–H groups in total. The van der Waals surface area contributed by atoms with Gasteiger partial charge in [0, 0.05) is 37.1 Å². The molecule has 3 rings (SSSR count). The molecule has 0 aliphatic carbocycles. The molecule has 6 nitrogen and oxygen atoms in total. The van der Waals surface area contributed by atoms with Crippen molar-refractivity contribution in [1.82, 2.24) is 0 Å². The summed E-state index contributed by atoms with van der Waals surface area (Å²) in [6.07, 6.45) is 3.21. The number of rotatable bonds is 13. The Morgan fingerprint density at radius 1 is 1.16 bits per heavy atom. The maximum Gasteiger partial charge on any atom is 0.330 e. The number of fused-ring (bicyclic) bond motifs is 1. The van der Waals surface area contributed by atoms with Gasteiger partial charge in [0.1, 0.15) is 11.6 Å². The summed E-state index contributed by atoms with van der Waals surface area (Å²) >= 11 is 7.95. The van der Waals surface area contributed by atoms with Gasteiger partial charge in [0.05, 0.1) is 16.3 Å². The van der Waals surface area contributed by atoms with Crippen LogP contribution in [0.1, 0.15) is 83.9 Å². The number of hydrogen-bond donors (Lipinski definition) is 1. The highest BCUT2D eigenvalue weighted by Crippen LogP contribution is 2.50. The van der Waals surface area contributed by atoms with Crippen LogP contribution in [-0.4, -0.2) is 43.7 Å². The molecule has 2 unspecified atom stereocenters. The zero-order valence-corrected chi connectivity index (χ0v) is 29.1. The van der Waals surface area contributed by atoms with Crippen LogP contribution in [0.4, 0.5) is 11.4 Å². The van der Waals surface area contributed by atoms with E-state index in [1.165, 1.54) is 16.7 Å². The predicted molar refractivity (Wildman–Crippen MR) is 184 cm³/mol. The molecule has 43 heavy (non-hydrogen) atoms. The third kappa shape index (κ3) is 10.9. The van der Waals surface area contributed by atoms with E-state index in [1.807, 2.05) is 59.7 Å². The highest BCUT2D eigenvalue weighted by molar-refractivity contribution is 8.01. The van der Waals surface area contributed by atoms with Gasteiger partial charge in [0.25, 0.3) is 0 Å². The number of carbonyl (C=O) groups excluding carboxylic acids is 1. The average molecular weight is 631 g/mol. The van der Waals surface area contributed by atoms with Crippen molar-refractivity contribution in [1.29, 1.82) is 0 Å². The second-order valence-corrected chi connectivity index (χ2v) is 13.2. The van der Waals surface area contributed by atoms with Gasteiger partial charge in [-0.05, 0) is 115 Å². The van der Waals surface area contributed by atoms with E-state index in [-0.39, 0.29) is 18.2 Å². The summed E-state index contributed by atoms with van der Waals surface area (Å²) in [5.74, 6) is -0.225. The number of benzene rings is 2. The van der Waals surface area contributed by atoms with Gasteiger partial charge in [-0.2, -0.15) is 0 Å². The molecule has 1 heterocycles. The quantitative estimate of drug-likeness (QED) is 0.0777. The van der Waals surface area contributed by atoms with Crippen LogP contribution in [0.3, 0.4) is 0 Å². The standard InChI is InChI=1S/C30H43ClN2O4S.C5H8/c1-9-35-26(36-10-2)12-11-17-32-23-18-22(31)14-16-25(23)38-33-24-15-13-19(3)20(4)27(24)21(5)28(33)29(34)37-30(6,7)8;1-4-5(2)3/h13-16,18,21,26,28,32H,9-12,17H2,1-8H3;4H,1-2H2,3H3. The van der Waals surface area contributed by atoms with Crippen molar-refractivity contribution < 1.29 is 19.0 Å². The van der Waals surface area contributed by atoms with Crippen LogP contribution in [0.2, 0.25) is 5.02 Å². The minimum atomic E-state index is -0.569. The first-order valence-corrected chi connectivity index (χ1v) is 16.2. The van der Waals surface area contributed by atoms with Crippen LogP contribution in [0.25, 0.3) is 0 Å². The summed E-state index contributed by atoms with van der Waals surface area (Å²) in [6, 6.07) is 9.63. The first kappa shape index (κ1) is 36.7. The summed E-state index contributed by atoms with van der Waals surface area (Å²) in [5, 5.41) is 4.20. The van der Waals surface area contributed by atoms with E-state index < -0.39 is 11.6 Å². The van der Waals surface area contributed by atoms with Crippen molar-refractivity contribution in [3.05, 3.63) is 76.9 Å². The molecule has 2 aromatic carbocycles. The molecule has 0 amide bonds. The van der Waals surface area contributed by atoms with E-state index in [0.717, 1.165) is 41.2 Å². The zero-order chi connectivity index (χ0) is 32.3. The van der Waals surface area contributed by atoms with Crippen LogP contribution < -0.4 is 9.62 Å². The van der Waals surface area contributed by atoms with Gasteiger partial charge in [0.2, 0.25) is 0 Å². The summed E-state index contributed by atoms with van der Waals surface area (Å²) in [7, 11) is 0. The Labute approximate surface area is 269 Å². The predicted octanol–water partition coefficient (Wildman–Crippen LogP) is 9.64. The van der Waals surface area contributed by atoms with Gasteiger partial charge in [0.15, 0.2) is 6.29 Å². The molecule has 238 valence electrons. The van der Waals surface area contributed by atoms with Crippen LogP contribution >= 0.6 is 23.5 Å². The maximum atomic E-state index is 13.5. The minimum Gasteiger partial charge on any atom is -0.458 e. The lowest BCUT2D eigenvalue weighted by molar-refractivity contribution is -0.156. The van der Waals surface area contributed by atoms with Crippen LogP contribution in [0.5, 0.6) is 0 Å². The molecule has 1 aliphatic heterocycles. The smallest absolute Gasteiger partial charge is 0.330 e. The number of esters is 1. The first-order valence-electron chi connectivity index (χ1n) is 15.1. The Balaban J connectivity index is 0.00000119. The molecule has 2 atom stereocenters. The molecule has 0 aromatic heterocycles. The summed E-state index contributed by atoms with van der Waals surface area (Å²) < 4.78 is 19.4. The van der Waals surface area contributed by atoms with Gasteiger partial charge in [-0.15, -0.1) is 0 Å². The van der Waals surface area contributed by atoms with Crippen LogP contribution in [0.15, 0.2) is 60.0 Å². The summed E-state index contributed by atoms with van der Waals surface area (Å²) in [5.41, 5.74) is 6.08. The fourth-order valence-corrected chi connectivity index (χ4v) is 6.16. The van der Waals surface area contributed by atoms with E-state index in [2.05, 4.69) is 55.7 Å². The monoisotopic (exact) mass is 630 g/mol. The number of halogens is 1. The molecule has 0 saturated heterocycles. The molecule has 0 saturated carbocycles. The number of anilines is 2. The molecule has 8 heteroatoms. The molecule has 0 fully saturated rings. The van der Waals surface area contributed by atoms with Crippen LogP contribution in [0, 0.1) is 13.8 Å². The lowest BCUT2D eigenvalue weighted by Gasteiger charge is -2.30. The molecular formula is C35H51ClN2O4S.